The molecule has 0 saturated heterocycles. The van der Waals surface area contributed by atoms with Gasteiger partial charge in [-0.3, -0.25) is 0 Å². The van der Waals surface area contributed by atoms with Crippen molar-refractivity contribution in [1.82, 2.24) is 0 Å². The van der Waals surface area contributed by atoms with Crippen molar-refractivity contribution >= 4 is 0 Å². The molecule has 0 aromatic heterocycles. The van der Waals surface area contributed by atoms with Gasteiger partial charge in [-0.25, -0.2) is 0 Å². The predicted octanol–water partition coefficient (Wildman–Crippen LogP) is 4.42. The number of hydrogen-bond donors (Lipinski definition) is 0. The van der Waals surface area contributed by atoms with Gasteiger partial charge in [0.1, 0.15) is 0 Å². The Balaban J connectivity index is 4.44. The minimum absolute atomic E-state index is 0.354. The molecule has 0 nitrogen and oxygen atoms in total. The van der Waals surface area contributed by atoms with Gasteiger partial charge in [0.15, 0.2) is 0 Å². The van der Waals surface area contributed by atoms with Gasteiger partial charge in [-0.05, 0) is 31.1 Å². The summed E-state index contributed by atoms with van der Waals surface area (Å²) in [5.41, 5.74) is 2.28. The molecule has 0 heterocycles. The Hall–Kier alpha value is -0.260. The third-order valence-corrected chi connectivity index (χ3v) is 2.47. The molecule has 12 heavy (non-hydrogen) atoms. The lowest BCUT2D eigenvalue weighted by molar-refractivity contribution is 0.249. The Morgan fingerprint density at radius 2 is 1.50 bits per heavy atom. The SMILES string of the molecule is C/C=C(/C)C(C)(C)CC(C)(C)C. The van der Waals surface area contributed by atoms with Gasteiger partial charge in [0.05, 0.1) is 0 Å². The van der Waals surface area contributed by atoms with Crippen LogP contribution in [0.5, 0.6) is 0 Å². The summed E-state index contributed by atoms with van der Waals surface area (Å²) in [5, 5.41) is 0. The summed E-state index contributed by atoms with van der Waals surface area (Å²) < 4.78 is 0. The van der Waals surface area contributed by atoms with Crippen LogP contribution in [0.15, 0.2) is 11.6 Å². The van der Waals surface area contributed by atoms with Crippen LogP contribution in [-0.2, 0) is 0 Å². The Kier molecular flexibility index (Phi) is 3.56. The van der Waals surface area contributed by atoms with Crippen LogP contribution in [0.2, 0.25) is 0 Å². The molecule has 0 rings (SSSR count). The first-order valence-electron chi connectivity index (χ1n) is 4.82. The molecule has 0 aliphatic rings. The number of allylic oxidation sites excluding steroid dienone is 2. The Morgan fingerprint density at radius 1 is 1.08 bits per heavy atom. The van der Waals surface area contributed by atoms with Gasteiger partial charge in [-0.15, -0.1) is 0 Å². The highest BCUT2D eigenvalue weighted by atomic mass is 14.3. The van der Waals surface area contributed by atoms with E-state index in [1.165, 1.54) is 12.0 Å². The number of rotatable bonds is 2. The van der Waals surface area contributed by atoms with Crippen LogP contribution in [0.1, 0.15) is 54.9 Å². The fourth-order valence-corrected chi connectivity index (χ4v) is 1.86. The van der Waals surface area contributed by atoms with Crippen molar-refractivity contribution in [2.24, 2.45) is 10.8 Å². The molecule has 0 spiro atoms. The van der Waals surface area contributed by atoms with Crippen molar-refractivity contribution in [1.29, 1.82) is 0 Å². The third-order valence-electron chi connectivity index (χ3n) is 2.47. The summed E-state index contributed by atoms with van der Waals surface area (Å²) in [5.74, 6) is 0. The first-order valence-corrected chi connectivity index (χ1v) is 4.82. The lowest BCUT2D eigenvalue weighted by Gasteiger charge is -2.33. The van der Waals surface area contributed by atoms with Gasteiger partial charge < -0.3 is 0 Å². The summed E-state index contributed by atoms with van der Waals surface area (Å²) in [7, 11) is 0. The maximum absolute atomic E-state index is 2.33. The van der Waals surface area contributed by atoms with Crippen molar-refractivity contribution in [3.8, 4) is 0 Å². The normalized spacial score (nSPS) is 15.1. The molecule has 72 valence electrons. The quantitative estimate of drug-likeness (QED) is 0.536. The second-order valence-electron chi connectivity index (χ2n) is 5.59. The minimum Gasteiger partial charge on any atom is -0.0882 e. The maximum Gasteiger partial charge on any atom is -0.0143 e. The zero-order chi connectivity index (χ0) is 9.99. The van der Waals surface area contributed by atoms with E-state index in [1.807, 2.05) is 0 Å². The van der Waals surface area contributed by atoms with E-state index in [9.17, 15) is 0 Å². The highest BCUT2D eigenvalue weighted by Gasteiger charge is 2.26. The molecule has 0 bridgehead atoms. The molecule has 0 saturated carbocycles. The highest BCUT2D eigenvalue weighted by Crippen LogP contribution is 2.38. The fraction of sp³-hybridized carbons (Fsp3) is 0.833. The molecular formula is C12H24. The second-order valence-corrected chi connectivity index (χ2v) is 5.59. The topological polar surface area (TPSA) is 0 Å². The van der Waals surface area contributed by atoms with Gasteiger partial charge in [0.25, 0.3) is 0 Å². The molecule has 0 heteroatoms. The molecule has 0 atom stereocenters. The molecule has 0 aliphatic carbocycles. The predicted molar refractivity (Wildman–Crippen MR) is 57.3 cm³/mol. The molecule has 0 aliphatic heterocycles. The average molecular weight is 168 g/mol. The smallest absolute Gasteiger partial charge is 0.0143 e. The zero-order valence-corrected chi connectivity index (χ0v) is 9.78. The van der Waals surface area contributed by atoms with Gasteiger partial charge in [-0.1, -0.05) is 46.3 Å². The van der Waals surface area contributed by atoms with Crippen LogP contribution in [0, 0.1) is 10.8 Å². The molecule has 0 fully saturated rings. The van der Waals surface area contributed by atoms with Crippen LogP contribution < -0.4 is 0 Å². The molecule has 0 aromatic carbocycles. The van der Waals surface area contributed by atoms with E-state index in [4.69, 9.17) is 0 Å². The van der Waals surface area contributed by atoms with Gasteiger partial charge in [0.2, 0.25) is 0 Å². The lowest BCUT2D eigenvalue weighted by atomic mass is 9.72. The Labute approximate surface area is 78.1 Å². The largest absolute Gasteiger partial charge is 0.0882 e. The first kappa shape index (κ1) is 11.7. The molecule has 0 amide bonds. The molecule has 0 radical (unpaired) electrons. The minimum atomic E-state index is 0.354. The molecule has 0 aromatic rings. The third kappa shape index (κ3) is 3.94. The molecule has 0 unspecified atom stereocenters. The van der Waals surface area contributed by atoms with E-state index in [2.05, 4.69) is 54.5 Å². The summed E-state index contributed by atoms with van der Waals surface area (Å²) in [4.78, 5) is 0. The Bertz CT molecular complexity index is 165. The Morgan fingerprint density at radius 3 is 1.75 bits per heavy atom. The van der Waals surface area contributed by atoms with Crippen LogP contribution in [0.3, 0.4) is 0 Å². The van der Waals surface area contributed by atoms with Crippen LogP contribution in [-0.4, -0.2) is 0 Å². The van der Waals surface area contributed by atoms with Crippen LogP contribution in [0.25, 0.3) is 0 Å². The van der Waals surface area contributed by atoms with Crippen molar-refractivity contribution in [2.45, 2.75) is 54.9 Å². The fourth-order valence-electron chi connectivity index (χ4n) is 1.86. The maximum atomic E-state index is 2.33. The van der Waals surface area contributed by atoms with E-state index < -0.39 is 0 Å². The second kappa shape index (κ2) is 3.64. The summed E-state index contributed by atoms with van der Waals surface area (Å²) >= 11 is 0. The lowest BCUT2D eigenvalue weighted by Crippen LogP contribution is -2.21. The van der Waals surface area contributed by atoms with E-state index in [0.717, 1.165) is 0 Å². The summed E-state index contributed by atoms with van der Waals surface area (Å²) in [6.07, 6.45) is 3.47. The monoisotopic (exact) mass is 168 g/mol. The number of hydrogen-bond acceptors (Lipinski definition) is 0. The van der Waals surface area contributed by atoms with Crippen molar-refractivity contribution in [3.63, 3.8) is 0 Å². The van der Waals surface area contributed by atoms with E-state index >= 15 is 0 Å². The van der Waals surface area contributed by atoms with E-state index in [1.54, 1.807) is 0 Å². The van der Waals surface area contributed by atoms with Crippen molar-refractivity contribution < 1.29 is 0 Å². The summed E-state index contributed by atoms with van der Waals surface area (Å²) in [6.45, 7) is 15.9. The van der Waals surface area contributed by atoms with Crippen LogP contribution >= 0.6 is 0 Å². The zero-order valence-electron chi connectivity index (χ0n) is 9.78. The van der Waals surface area contributed by atoms with Crippen molar-refractivity contribution in [2.75, 3.05) is 0 Å². The summed E-state index contributed by atoms with van der Waals surface area (Å²) in [6, 6.07) is 0. The van der Waals surface area contributed by atoms with E-state index in [0.29, 0.717) is 10.8 Å². The van der Waals surface area contributed by atoms with Crippen molar-refractivity contribution in [3.05, 3.63) is 11.6 Å². The standard InChI is InChI=1S/C12H24/c1-8-10(2)12(6,7)9-11(3,4)5/h8H,9H2,1-7H3/b10-8-. The highest BCUT2D eigenvalue weighted by molar-refractivity contribution is 5.08. The van der Waals surface area contributed by atoms with Gasteiger partial charge >= 0.3 is 0 Å². The van der Waals surface area contributed by atoms with Gasteiger partial charge in [-0.2, -0.15) is 0 Å². The van der Waals surface area contributed by atoms with Crippen LogP contribution in [0.4, 0.5) is 0 Å². The van der Waals surface area contributed by atoms with E-state index in [-0.39, 0.29) is 0 Å². The first-order chi connectivity index (χ1) is 5.19. The average Bonchev–Trinajstić information content (AvgIpc) is 1.80. The van der Waals surface area contributed by atoms with Gasteiger partial charge in [0, 0.05) is 0 Å². The molecular weight excluding hydrogens is 144 g/mol. The molecule has 0 N–H and O–H groups in total.